The molecule has 5 nitrogen and oxygen atoms in total. The van der Waals surface area contributed by atoms with Gasteiger partial charge in [0.1, 0.15) is 6.07 Å². The number of carbonyl (C=O) groups excluding carboxylic acids is 1. The van der Waals surface area contributed by atoms with Gasteiger partial charge in [0.05, 0.1) is 23.9 Å². The van der Waals surface area contributed by atoms with Gasteiger partial charge in [-0.15, -0.1) is 0 Å². The monoisotopic (exact) mass is 451 g/mol. The van der Waals surface area contributed by atoms with Crippen molar-refractivity contribution >= 4 is 5.78 Å². The highest BCUT2D eigenvalue weighted by Gasteiger charge is 2.59. The summed E-state index contributed by atoms with van der Waals surface area (Å²) in [6, 6.07) is 2.11. The molecule has 0 spiro atoms. The molecule has 5 rings (SSSR count). The van der Waals surface area contributed by atoms with Crippen LogP contribution in [0.5, 0.6) is 0 Å². The van der Waals surface area contributed by atoms with Gasteiger partial charge in [0, 0.05) is 12.1 Å². The van der Waals surface area contributed by atoms with E-state index in [4.69, 9.17) is 5.26 Å². The molecule has 1 heterocycles. The van der Waals surface area contributed by atoms with E-state index in [1.165, 1.54) is 32.1 Å². The van der Waals surface area contributed by atoms with Crippen LogP contribution in [0.4, 0.5) is 0 Å². The van der Waals surface area contributed by atoms with Crippen molar-refractivity contribution in [3.63, 3.8) is 0 Å². The van der Waals surface area contributed by atoms with Crippen molar-refractivity contribution in [2.24, 2.45) is 40.4 Å². The van der Waals surface area contributed by atoms with Crippen molar-refractivity contribution < 1.29 is 9.90 Å². The van der Waals surface area contributed by atoms with E-state index in [0.29, 0.717) is 28.6 Å². The molecular weight excluding hydrogens is 410 g/mol. The number of ketones is 1. The highest BCUT2D eigenvalue weighted by molar-refractivity contribution is 5.81. The van der Waals surface area contributed by atoms with E-state index in [1.807, 2.05) is 0 Å². The highest BCUT2D eigenvalue weighted by Crippen LogP contribution is 2.66. The molecule has 5 heteroatoms. The third-order valence-electron chi connectivity index (χ3n) is 10.9. The molecule has 0 aliphatic heterocycles. The molecule has 0 saturated heterocycles. The Labute approximate surface area is 198 Å². The van der Waals surface area contributed by atoms with Gasteiger partial charge in [-0.3, -0.25) is 9.48 Å². The minimum absolute atomic E-state index is 0.0845. The van der Waals surface area contributed by atoms with Crippen LogP contribution in [-0.4, -0.2) is 26.3 Å². The summed E-state index contributed by atoms with van der Waals surface area (Å²) in [6.07, 6.45) is 15.8. The number of hydrogen-bond acceptors (Lipinski definition) is 4. The lowest BCUT2D eigenvalue weighted by molar-refractivity contribution is -0.153. The van der Waals surface area contributed by atoms with Crippen LogP contribution in [0.3, 0.4) is 0 Å². The van der Waals surface area contributed by atoms with Crippen LogP contribution in [0.25, 0.3) is 0 Å². The van der Waals surface area contributed by atoms with Gasteiger partial charge >= 0.3 is 0 Å². The van der Waals surface area contributed by atoms with E-state index < -0.39 is 5.60 Å². The molecule has 0 radical (unpaired) electrons. The summed E-state index contributed by atoms with van der Waals surface area (Å²) in [7, 11) is 0. The summed E-state index contributed by atoms with van der Waals surface area (Å²) >= 11 is 0. The fraction of sp³-hybridized carbons (Fsp3) is 0.821. The lowest BCUT2D eigenvalue weighted by Gasteiger charge is -2.62. The maximum absolute atomic E-state index is 13.5. The maximum Gasteiger partial charge on any atom is 0.157 e. The Morgan fingerprint density at radius 1 is 1.09 bits per heavy atom. The highest BCUT2D eigenvalue weighted by atomic mass is 16.3. The van der Waals surface area contributed by atoms with Gasteiger partial charge in [0.15, 0.2) is 5.78 Å². The zero-order chi connectivity index (χ0) is 23.4. The Hall–Kier alpha value is -1.67. The Bertz CT molecular complexity index is 945. The van der Waals surface area contributed by atoms with Gasteiger partial charge in [-0.25, -0.2) is 0 Å². The summed E-state index contributed by atoms with van der Waals surface area (Å²) < 4.78 is 1.66. The summed E-state index contributed by atoms with van der Waals surface area (Å²) in [6.45, 7) is 7.32. The average molecular weight is 452 g/mol. The first-order valence-corrected chi connectivity index (χ1v) is 13.3. The molecule has 4 aliphatic rings. The largest absolute Gasteiger partial charge is 0.390 e. The number of carbonyl (C=O) groups is 1. The molecule has 4 fully saturated rings. The molecule has 1 aromatic heterocycles. The first kappa shape index (κ1) is 23.1. The molecule has 1 N–H and O–H groups in total. The molecule has 0 bridgehead atoms. The van der Waals surface area contributed by atoms with Crippen LogP contribution in [0, 0.1) is 51.8 Å². The summed E-state index contributed by atoms with van der Waals surface area (Å²) in [4.78, 5) is 13.5. The molecule has 1 aromatic rings. The van der Waals surface area contributed by atoms with E-state index in [1.54, 1.807) is 17.1 Å². The molecule has 0 unspecified atom stereocenters. The van der Waals surface area contributed by atoms with E-state index in [-0.39, 0.29) is 17.9 Å². The number of nitriles is 1. The predicted molar refractivity (Wildman–Crippen MR) is 127 cm³/mol. The molecule has 0 aromatic carbocycles. The molecule has 33 heavy (non-hydrogen) atoms. The van der Waals surface area contributed by atoms with E-state index >= 15 is 0 Å². The lowest BCUT2D eigenvalue weighted by atomic mass is 9.42. The second-order valence-electron chi connectivity index (χ2n) is 12.7. The standard InChI is InChI=1S/C28H41N3O2/c1-26(33)11-5-12-27(2)20(14-26)8-9-21-22-6-4-7-24(28(22,3)13-10-23(21)27)25(32)18-31-17-19(15-29)16-30-31/h16-17,20-24,33H,4-14,18H2,1-3H3/t20-,21+,22+,23+,24+,26-,27+,28+/m1/s1. The Balaban J connectivity index is 1.37. The smallest absolute Gasteiger partial charge is 0.157 e. The van der Waals surface area contributed by atoms with Crippen molar-refractivity contribution in [3.8, 4) is 6.07 Å². The fourth-order valence-electron chi connectivity index (χ4n) is 9.24. The number of aromatic nitrogens is 2. The number of nitrogens with zero attached hydrogens (tertiary/aromatic N) is 3. The van der Waals surface area contributed by atoms with Gasteiger partial charge < -0.3 is 5.11 Å². The zero-order valence-electron chi connectivity index (χ0n) is 20.7. The number of aliphatic hydroxyl groups is 1. The minimum atomic E-state index is -0.501. The summed E-state index contributed by atoms with van der Waals surface area (Å²) in [5, 5.41) is 24.2. The van der Waals surface area contributed by atoms with Crippen molar-refractivity contribution in [2.45, 2.75) is 104 Å². The van der Waals surface area contributed by atoms with Crippen LogP contribution in [0.2, 0.25) is 0 Å². The second kappa shape index (κ2) is 8.22. The normalized spacial score (nSPS) is 45.1. The Morgan fingerprint density at radius 2 is 1.88 bits per heavy atom. The maximum atomic E-state index is 13.5. The van der Waals surface area contributed by atoms with Crippen LogP contribution in [0.15, 0.2) is 12.4 Å². The SMILES string of the molecule is C[C@@]1(O)CCC[C@@]2(C)[C@H](CC[C@@H]3[C@@H]2CC[C@]2(C)[C@H](C(=O)Cn4cc(C#N)cn4)CCC[C@@H]32)C1. The number of Topliss-reactive ketones (excluding diaryl/α,β-unsaturated/α-hetero) is 1. The first-order chi connectivity index (χ1) is 15.7. The molecule has 8 atom stereocenters. The Kier molecular flexibility index (Phi) is 5.75. The number of rotatable bonds is 3. The van der Waals surface area contributed by atoms with Crippen molar-refractivity contribution in [2.75, 3.05) is 0 Å². The fourth-order valence-corrected chi connectivity index (χ4v) is 9.24. The number of fused-ring (bicyclic) bond motifs is 5. The van der Waals surface area contributed by atoms with Gasteiger partial charge in [-0.05, 0) is 99.2 Å². The van der Waals surface area contributed by atoms with Crippen LogP contribution >= 0.6 is 0 Å². The molecule has 180 valence electrons. The molecule has 4 aliphatic carbocycles. The van der Waals surface area contributed by atoms with Gasteiger partial charge in [0.2, 0.25) is 0 Å². The molecular formula is C28H41N3O2. The number of hydrogen-bond donors (Lipinski definition) is 1. The predicted octanol–water partition coefficient (Wildman–Crippen LogP) is 5.51. The summed E-state index contributed by atoms with van der Waals surface area (Å²) in [5.41, 5.74) is 0.438. The third-order valence-corrected chi connectivity index (χ3v) is 10.9. The minimum Gasteiger partial charge on any atom is -0.390 e. The topological polar surface area (TPSA) is 78.9 Å². The van der Waals surface area contributed by atoms with Gasteiger partial charge in [0.25, 0.3) is 0 Å². The van der Waals surface area contributed by atoms with E-state index in [9.17, 15) is 9.90 Å². The second-order valence-corrected chi connectivity index (χ2v) is 12.7. The van der Waals surface area contributed by atoms with E-state index in [2.05, 4.69) is 31.9 Å². The van der Waals surface area contributed by atoms with E-state index in [0.717, 1.165) is 50.4 Å². The van der Waals surface area contributed by atoms with Gasteiger partial charge in [-0.2, -0.15) is 10.4 Å². The van der Waals surface area contributed by atoms with Gasteiger partial charge in [-0.1, -0.05) is 26.7 Å². The first-order valence-electron chi connectivity index (χ1n) is 13.3. The molecule has 0 amide bonds. The van der Waals surface area contributed by atoms with Crippen LogP contribution < -0.4 is 0 Å². The lowest BCUT2D eigenvalue weighted by Crippen LogP contribution is -2.56. The Morgan fingerprint density at radius 3 is 2.64 bits per heavy atom. The molecule has 4 saturated carbocycles. The van der Waals surface area contributed by atoms with Crippen LogP contribution in [-0.2, 0) is 11.3 Å². The quantitative estimate of drug-likeness (QED) is 0.657. The average Bonchev–Trinajstić information content (AvgIpc) is 3.17. The van der Waals surface area contributed by atoms with Crippen molar-refractivity contribution in [1.82, 2.24) is 9.78 Å². The third kappa shape index (κ3) is 3.87. The van der Waals surface area contributed by atoms with Crippen LogP contribution in [0.1, 0.15) is 97.0 Å². The zero-order valence-corrected chi connectivity index (χ0v) is 20.7. The van der Waals surface area contributed by atoms with Crippen molar-refractivity contribution in [3.05, 3.63) is 18.0 Å². The van der Waals surface area contributed by atoms with Crippen molar-refractivity contribution in [1.29, 1.82) is 5.26 Å². The summed E-state index contributed by atoms with van der Waals surface area (Å²) in [5.74, 6) is 3.13.